The van der Waals surface area contributed by atoms with E-state index in [4.69, 9.17) is 10.5 Å². The van der Waals surface area contributed by atoms with Crippen LogP contribution in [0.25, 0.3) is 0 Å². The summed E-state index contributed by atoms with van der Waals surface area (Å²) in [7, 11) is 0. The molecule has 0 aromatic carbocycles. The molecule has 0 fully saturated rings. The minimum Gasteiger partial charge on any atom is -0.477 e. The Hall–Kier alpha value is -1.36. The first-order chi connectivity index (χ1) is 8.07. The predicted octanol–water partition coefficient (Wildman–Crippen LogP) is 1.66. The van der Waals surface area contributed by atoms with Crippen molar-refractivity contribution in [3.63, 3.8) is 0 Å². The average molecular weight is 238 g/mol. The Balaban J connectivity index is 2.53. The SMILES string of the molecule is CCOc1cncc(NCC(C)(C)CCN)n1. The van der Waals surface area contributed by atoms with E-state index in [9.17, 15) is 0 Å². The van der Waals surface area contributed by atoms with Gasteiger partial charge in [0.05, 0.1) is 19.0 Å². The van der Waals surface area contributed by atoms with E-state index in [2.05, 4.69) is 29.1 Å². The molecule has 0 aliphatic rings. The highest BCUT2D eigenvalue weighted by Gasteiger charge is 2.16. The summed E-state index contributed by atoms with van der Waals surface area (Å²) >= 11 is 0. The standard InChI is InChI=1S/C12H22N4O/c1-4-17-11-8-14-7-10(16-11)15-9-12(2,3)5-6-13/h7-8H,4-6,9,13H2,1-3H3,(H,15,16). The Morgan fingerprint density at radius 1 is 1.41 bits per heavy atom. The molecule has 0 saturated carbocycles. The smallest absolute Gasteiger partial charge is 0.234 e. The fourth-order valence-electron chi connectivity index (χ4n) is 1.46. The van der Waals surface area contributed by atoms with Crippen LogP contribution in [0.15, 0.2) is 12.4 Å². The normalized spacial score (nSPS) is 11.3. The van der Waals surface area contributed by atoms with Gasteiger partial charge < -0.3 is 15.8 Å². The number of nitrogens with zero attached hydrogens (tertiary/aromatic N) is 2. The number of aromatic nitrogens is 2. The molecule has 5 heteroatoms. The molecule has 1 aromatic heterocycles. The lowest BCUT2D eigenvalue weighted by Crippen LogP contribution is -2.26. The molecular formula is C12H22N4O. The monoisotopic (exact) mass is 238 g/mol. The predicted molar refractivity (Wildman–Crippen MR) is 69.1 cm³/mol. The maximum absolute atomic E-state index is 5.57. The van der Waals surface area contributed by atoms with Crippen molar-refractivity contribution < 1.29 is 4.74 Å². The Morgan fingerprint density at radius 3 is 2.82 bits per heavy atom. The first-order valence-corrected chi connectivity index (χ1v) is 5.96. The number of rotatable bonds is 7. The Morgan fingerprint density at radius 2 is 2.18 bits per heavy atom. The molecule has 0 spiro atoms. The molecule has 0 radical (unpaired) electrons. The third-order valence-electron chi connectivity index (χ3n) is 2.47. The van der Waals surface area contributed by atoms with E-state index >= 15 is 0 Å². The highest BCUT2D eigenvalue weighted by Crippen LogP contribution is 2.20. The van der Waals surface area contributed by atoms with Crippen LogP contribution < -0.4 is 15.8 Å². The van der Waals surface area contributed by atoms with Crippen molar-refractivity contribution >= 4 is 5.82 Å². The highest BCUT2D eigenvalue weighted by molar-refractivity contribution is 5.33. The van der Waals surface area contributed by atoms with Crippen LogP contribution in [0.4, 0.5) is 5.82 Å². The van der Waals surface area contributed by atoms with Crippen molar-refractivity contribution in [3.8, 4) is 5.88 Å². The Kier molecular flexibility index (Phi) is 5.15. The third-order valence-corrected chi connectivity index (χ3v) is 2.47. The molecule has 5 nitrogen and oxygen atoms in total. The zero-order valence-electron chi connectivity index (χ0n) is 10.9. The van der Waals surface area contributed by atoms with E-state index in [0.717, 1.165) is 18.8 Å². The van der Waals surface area contributed by atoms with Crippen LogP contribution in [0.5, 0.6) is 5.88 Å². The van der Waals surface area contributed by atoms with E-state index in [1.54, 1.807) is 12.4 Å². The molecular weight excluding hydrogens is 216 g/mol. The van der Waals surface area contributed by atoms with Gasteiger partial charge in [0.25, 0.3) is 0 Å². The quantitative estimate of drug-likeness (QED) is 0.756. The second-order valence-corrected chi connectivity index (χ2v) is 4.73. The summed E-state index contributed by atoms with van der Waals surface area (Å²) in [6, 6.07) is 0. The molecule has 3 N–H and O–H groups in total. The van der Waals surface area contributed by atoms with E-state index < -0.39 is 0 Å². The second-order valence-electron chi connectivity index (χ2n) is 4.73. The number of anilines is 1. The molecule has 0 amide bonds. The Labute approximate surface area is 103 Å². The van der Waals surface area contributed by atoms with Crippen LogP contribution in [0, 0.1) is 5.41 Å². The first kappa shape index (κ1) is 13.7. The summed E-state index contributed by atoms with van der Waals surface area (Å²) in [5, 5.41) is 3.26. The summed E-state index contributed by atoms with van der Waals surface area (Å²) < 4.78 is 5.29. The first-order valence-electron chi connectivity index (χ1n) is 5.96. The largest absolute Gasteiger partial charge is 0.477 e. The molecule has 0 unspecified atom stereocenters. The second kappa shape index (κ2) is 6.39. The summed E-state index contributed by atoms with van der Waals surface area (Å²) in [6.07, 6.45) is 4.28. The Bertz CT molecular complexity index is 341. The number of nitrogens with two attached hydrogens (primary N) is 1. The molecule has 0 aliphatic carbocycles. The highest BCUT2D eigenvalue weighted by atomic mass is 16.5. The molecule has 0 aliphatic heterocycles. The minimum absolute atomic E-state index is 0.151. The minimum atomic E-state index is 0.151. The molecule has 1 rings (SSSR count). The maximum Gasteiger partial charge on any atom is 0.234 e. The average Bonchev–Trinajstić information content (AvgIpc) is 2.28. The van der Waals surface area contributed by atoms with Gasteiger partial charge in [-0.3, -0.25) is 4.98 Å². The van der Waals surface area contributed by atoms with Crippen LogP contribution in [0.2, 0.25) is 0 Å². The molecule has 1 heterocycles. The molecule has 17 heavy (non-hydrogen) atoms. The van der Waals surface area contributed by atoms with Crippen molar-refractivity contribution in [1.82, 2.24) is 9.97 Å². The molecule has 0 atom stereocenters. The van der Waals surface area contributed by atoms with Crippen LogP contribution in [-0.4, -0.2) is 29.7 Å². The van der Waals surface area contributed by atoms with E-state index in [-0.39, 0.29) is 5.41 Å². The van der Waals surface area contributed by atoms with Gasteiger partial charge in [-0.05, 0) is 25.3 Å². The summed E-state index contributed by atoms with van der Waals surface area (Å²) in [5.41, 5.74) is 5.72. The van der Waals surface area contributed by atoms with Crippen LogP contribution in [0.1, 0.15) is 27.2 Å². The summed E-state index contributed by atoms with van der Waals surface area (Å²) in [6.45, 7) is 8.37. The van der Waals surface area contributed by atoms with Gasteiger partial charge in [-0.1, -0.05) is 13.8 Å². The van der Waals surface area contributed by atoms with Gasteiger partial charge in [0.2, 0.25) is 5.88 Å². The fourth-order valence-corrected chi connectivity index (χ4v) is 1.46. The molecule has 96 valence electrons. The number of hydrogen-bond acceptors (Lipinski definition) is 5. The number of ether oxygens (including phenoxy) is 1. The van der Waals surface area contributed by atoms with Crippen molar-refractivity contribution in [1.29, 1.82) is 0 Å². The zero-order chi connectivity index (χ0) is 12.7. The lowest BCUT2D eigenvalue weighted by atomic mass is 9.89. The van der Waals surface area contributed by atoms with Crippen LogP contribution in [-0.2, 0) is 0 Å². The summed E-state index contributed by atoms with van der Waals surface area (Å²) in [4.78, 5) is 8.37. The maximum atomic E-state index is 5.57. The van der Waals surface area contributed by atoms with Crippen molar-refractivity contribution in [2.24, 2.45) is 11.1 Å². The fraction of sp³-hybridized carbons (Fsp3) is 0.667. The van der Waals surface area contributed by atoms with Crippen LogP contribution >= 0.6 is 0 Å². The van der Waals surface area contributed by atoms with Gasteiger partial charge in [-0.25, -0.2) is 0 Å². The molecule has 0 bridgehead atoms. The third kappa shape index (κ3) is 4.99. The molecule has 1 aromatic rings. The van der Waals surface area contributed by atoms with Crippen molar-refractivity contribution in [2.75, 3.05) is 25.0 Å². The van der Waals surface area contributed by atoms with Crippen molar-refractivity contribution in [2.45, 2.75) is 27.2 Å². The van der Waals surface area contributed by atoms with Crippen molar-refractivity contribution in [3.05, 3.63) is 12.4 Å². The summed E-state index contributed by atoms with van der Waals surface area (Å²) in [5.74, 6) is 1.29. The van der Waals surface area contributed by atoms with Gasteiger partial charge in [-0.15, -0.1) is 0 Å². The zero-order valence-corrected chi connectivity index (χ0v) is 10.9. The van der Waals surface area contributed by atoms with Gasteiger partial charge in [-0.2, -0.15) is 4.98 Å². The number of hydrogen-bond donors (Lipinski definition) is 2. The van der Waals surface area contributed by atoms with Gasteiger partial charge in [0, 0.05) is 6.54 Å². The van der Waals surface area contributed by atoms with Gasteiger partial charge in [0.1, 0.15) is 5.82 Å². The molecule has 0 saturated heterocycles. The van der Waals surface area contributed by atoms with Crippen LogP contribution in [0.3, 0.4) is 0 Å². The lowest BCUT2D eigenvalue weighted by Gasteiger charge is -2.24. The van der Waals surface area contributed by atoms with Gasteiger partial charge >= 0.3 is 0 Å². The topological polar surface area (TPSA) is 73.1 Å². The van der Waals surface area contributed by atoms with E-state index in [1.165, 1.54) is 0 Å². The van der Waals surface area contributed by atoms with E-state index in [0.29, 0.717) is 19.0 Å². The van der Waals surface area contributed by atoms with E-state index in [1.807, 2.05) is 6.92 Å². The lowest BCUT2D eigenvalue weighted by molar-refractivity contribution is 0.325. The van der Waals surface area contributed by atoms with Gasteiger partial charge in [0.15, 0.2) is 0 Å². The number of nitrogens with one attached hydrogen (secondary N) is 1.